The van der Waals surface area contributed by atoms with Gasteiger partial charge in [-0.25, -0.2) is 9.48 Å². The van der Waals surface area contributed by atoms with Crippen molar-refractivity contribution in [3.05, 3.63) is 64.1 Å². The molecule has 0 unspecified atom stereocenters. The van der Waals surface area contributed by atoms with Gasteiger partial charge < -0.3 is 14.2 Å². The molecule has 0 saturated heterocycles. The third-order valence-electron chi connectivity index (χ3n) is 4.18. The summed E-state index contributed by atoms with van der Waals surface area (Å²) in [6.07, 6.45) is 0. The van der Waals surface area contributed by atoms with Crippen LogP contribution in [0.15, 0.2) is 47.3 Å². The van der Waals surface area contributed by atoms with Crippen molar-refractivity contribution in [2.24, 2.45) is 7.05 Å². The Labute approximate surface area is 152 Å². The van der Waals surface area contributed by atoms with E-state index in [1.807, 2.05) is 0 Å². The average molecular weight is 366 g/mol. The van der Waals surface area contributed by atoms with Gasteiger partial charge in [0.15, 0.2) is 29.6 Å². The normalized spacial score (nSPS) is 12.2. The molecule has 136 valence electrons. The lowest BCUT2D eigenvalue weighted by molar-refractivity contribution is 0.0469. The van der Waals surface area contributed by atoms with Gasteiger partial charge in [-0.15, -0.1) is 0 Å². The number of aromatic nitrogens is 2. The topological polar surface area (TPSA) is 96.7 Å². The minimum absolute atomic E-state index is 0.0220. The summed E-state index contributed by atoms with van der Waals surface area (Å²) in [5, 5.41) is 4.71. The van der Waals surface area contributed by atoms with Crippen LogP contribution in [0.3, 0.4) is 0 Å². The summed E-state index contributed by atoms with van der Waals surface area (Å²) in [7, 11) is 1.45. The monoisotopic (exact) mass is 366 g/mol. The van der Waals surface area contributed by atoms with Gasteiger partial charge >= 0.3 is 5.97 Å². The van der Waals surface area contributed by atoms with E-state index in [0.717, 1.165) is 4.68 Å². The average Bonchev–Trinajstić information content (AvgIpc) is 3.16. The highest BCUT2D eigenvalue weighted by Crippen LogP contribution is 2.32. The number of benzene rings is 2. The van der Waals surface area contributed by atoms with E-state index in [0.29, 0.717) is 27.8 Å². The Morgan fingerprint density at radius 3 is 2.67 bits per heavy atom. The number of hydrogen-bond acceptors (Lipinski definition) is 7. The quantitative estimate of drug-likeness (QED) is 0.512. The van der Waals surface area contributed by atoms with Crippen LogP contribution in [0.2, 0.25) is 0 Å². The van der Waals surface area contributed by atoms with Gasteiger partial charge in [0.25, 0.3) is 5.56 Å². The highest BCUT2D eigenvalue weighted by molar-refractivity contribution is 6.04. The SMILES string of the molecule is Cn1nc(C(=O)OCC(=O)c2ccc3c(c2)OCO3)c2ccccc2c1=O. The maximum absolute atomic E-state index is 12.4. The van der Waals surface area contributed by atoms with Crippen LogP contribution >= 0.6 is 0 Å². The first-order valence-corrected chi connectivity index (χ1v) is 8.10. The maximum Gasteiger partial charge on any atom is 0.359 e. The molecule has 2 aromatic carbocycles. The predicted molar refractivity (Wildman–Crippen MR) is 94.2 cm³/mol. The van der Waals surface area contributed by atoms with Crippen LogP contribution in [0.5, 0.6) is 11.5 Å². The zero-order valence-electron chi connectivity index (χ0n) is 14.3. The molecule has 0 N–H and O–H groups in total. The van der Waals surface area contributed by atoms with E-state index >= 15 is 0 Å². The lowest BCUT2D eigenvalue weighted by Gasteiger charge is -2.08. The Bertz CT molecular complexity index is 1130. The number of nitrogens with zero attached hydrogens (tertiary/aromatic N) is 2. The number of carbonyl (C=O) groups excluding carboxylic acids is 2. The van der Waals surface area contributed by atoms with Crippen molar-refractivity contribution in [1.29, 1.82) is 0 Å². The largest absolute Gasteiger partial charge is 0.454 e. The first-order valence-electron chi connectivity index (χ1n) is 8.10. The molecule has 1 aliphatic rings. The molecule has 2 heterocycles. The van der Waals surface area contributed by atoms with Crippen LogP contribution in [0.1, 0.15) is 20.8 Å². The van der Waals surface area contributed by atoms with Crippen LogP contribution in [0.25, 0.3) is 10.8 Å². The summed E-state index contributed by atoms with van der Waals surface area (Å²) in [5.74, 6) is -0.144. The number of hydrogen-bond donors (Lipinski definition) is 0. The van der Waals surface area contributed by atoms with E-state index in [4.69, 9.17) is 14.2 Å². The summed E-state index contributed by atoms with van der Waals surface area (Å²) in [4.78, 5) is 36.9. The molecule has 1 aliphatic heterocycles. The number of aryl methyl sites for hydroxylation is 1. The summed E-state index contributed by atoms with van der Waals surface area (Å²) in [5.41, 5.74) is -0.00454. The molecule has 0 radical (unpaired) electrons. The molecule has 4 rings (SSSR count). The third-order valence-corrected chi connectivity index (χ3v) is 4.18. The van der Waals surface area contributed by atoms with Gasteiger partial charge in [-0.3, -0.25) is 9.59 Å². The van der Waals surface area contributed by atoms with Crippen LogP contribution in [-0.2, 0) is 11.8 Å². The molecule has 27 heavy (non-hydrogen) atoms. The fourth-order valence-electron chi connectivity index (χ4n) is 2.80. The number of esters is 1. The molecule has 1 aromatic heterocycles. The number of ketones is 1. The number of carbonyl (C=O) groups is 2. The predicted octanol–water partition coefficient (Wildman–Crippen LogP) is 1.70. The molecule has 8 nitrogen and oxygen atoms in total. The zero-order valence-corrected chi connectivity index (χ0v) is 14.3. The molecular formula is C19H14N2O6. The number of rotatable bonds is 4. The summed E-state index contributed by atoms with van der Waals surface area (Å²) >= 11 is 0. The van der Waals surface area contributed by atoms with Crippen LogP contribution in [-0.4, -0.2) is 34.9 Å². The minimum Gasteiger partial charge on any atom is -0.454 e. The lowest BCUT2D eigenvalue weighted by atomic mass is 10.1. The molecule has 0 atom stereocenters. The highest BCUT2D eigenvalue weighted by Gasteiger charge is 2.20. The standard InChI is InChI=1S/C19H14N2O6/c1-21-18(23)13-5-3-2-4-12(13)17(20-21)19(24)25-9-14(22)11-6-7-15-16(8-11)27-10-26-15/h2-8H,9-10H2,1H3. The van der Waals surface area contributed by atoms with Gasteiger partial charge in [-0.2, -0.15) is 5.10 Å². The van der Waals surface area contributed by atoms with Crippen molar-refractivity contribution in [3.63, 3.8) is 0 Å². The molecule has 0 aliphatic carbocycles. The Kier molecular flexibility index (Phi) is 4.08. The molecule has 0 amide bonds. The van der Waals surface area contributed by atoms with Gasteiger partial charge in [0.05, 0.1) is 5.39 Å². The third kappa shape index (κ3) is 3.01. The highest BCUT2D eigenvalue weighted by atomic mass is 16.7. The van der Waals surface area contributed by atoms with E-state index in [1.165, 1.54) is 7.05 Å². The number of Topliss-reactive ketones (excluding diaryl/α,β-unsaturated/α-hetero) is 1. The number of ether oxygens (including phenoxy) is 3. The Balaban J connectivity index is 1.55. The second-order valence-corrected chi connectivity index (χ2v) is 5.89. The second kappa shape index (κ2) is 6.56. The molecule has 8 heteroatoms. The first kappa shape index (κ1) is 16.8. The molecular weight excluding hydrogens is 352 g/mol. The van der Waals surface area contributed by atoms with Gasteiger partial charge in [-0.05, 0) is 24.3 Å². The number of fused-ring (bicyclic) bond motifs is 2. The van der Waals surface area contributed by atoms with Gasteiger partial charge in [0, 0.05) is 18.0 Å². The van der Waals surface area contributed by atoms with Crippen LogP contribution < -0.4 is 15.0 Å². The Morgan fingerprint density at radius 2 is 1.85 bits per heavy atom. The van der Waals surface area contributed by atoms with E-state index in [1.54, 1.807) is 42.5 Å². The Morgan fingerprint density at radius 1 is 1.11 bits per heavy atom. The van der Waals surface area contributed by atoms with E-state index < -0.39 is 18.4 Å². The van der Waals surface area contributed by atoms with Crippen molar-refractivity contribution in [2.45, 2.75) is 0 Å². The van der Waals surface area contributed by atoms with Crippen LogP contribution in [0.4, 0.5) is 0 Å². The fourth-order valence-corrected chi connectivity index (χ4v) is 2.80. The molecule has 3 aromatic rings. The van der Waals surface area contributed by atoms with Crippen molar-refractivity contribution in [1.82, 2.24) is 9.78 Å². The summed E-state index contributed by atoms with van der Waals surface area (Å²) in [6, 6.07) is 11.3. The zero-order chi connectivity index (χ0) is 19.0. The summed E-state index contributed by atoms with van der Waals surface area (Å²) < 4.78 is 16.6. The van der Waals surface area contributed by atoms with Gasteiger partial charge in [0.1, 0.15) is 0 Å². The van der Waals surface area contributed by atoms with E-state index in [9.17, 15) is 14.4 Å². The summed E-state index contributed by atoms with van der Waals surface area (Å²) in [6.45, 7) is -0.356. The Hall–Kier alpha value is -3.68. The van der Waals surface area contributed by atoms with Crippen molar-refractivity contribution < 1.29 is 23.8 Å². The molecule has 0 saturated carbocycles. The fraction of sp³-hybridized carbons (Fsp3) is 0.158. The molecule has 0 spiro atoms. The molecule has 0 bridgehead atoms. The molecule has 0 fully saturated rings. The minimum atomic E-state index is -0.782. The second-order valence-electron chi connectivity index (χ2n) is 5.89. The van der Waals surface area contributed by atoms with Crippen molar-refractivity contribution in [2.75, 3.05) is 13.4 Å². The maximum atomic E-state index is 12.4. The smallest absolute Gasteiger partial charge is 0.359 e. The lowest BCUT2D eigenvalue weighted by Crippen LogP contribution is -2.24. The van der Waals surface area contributed by atoms with E-state index in [2.05, 4.69) is 5.10 Å². The van der Waals surface area contributed by atoms with Gasteiger partial charge in [-0.1, -0.05) is 18.2 Å². The van der Waals surface area contributed by atoms with Crippen molar-refractivity contribution in [3.8, 4) is 11.5 Å². The first-order chi connectivity index (χ1) is 13.0. The van der Waals surface area contributed by atoms with Gasteiger partial charge in [0.2, 0.25) is 6.79 Å². The van der Waals surface area contributed by atoms with Crippen LogP contribution in [0, 0.1) is 0 Å². The van der Waals surface area contributed by atoms with Crippen molar-refractivity contribution >= 4 is 22.5 Å². The van der Waals surface area contributed by atoms with E-state index in [-0.39, 0.29) is 18.0 Å².